The first-order valence-electron chi connectivity index (χ1n) is 7.13. The molecule has 3 aromatic rings. The van der Waals surface area contributed by atoms with Gasteiger partial charge in [0, 0.05) is 12.1 Å². The van der Waals surface area contributed by atoms with Crippen molar-refractivity contribution in [3.63, 3.8) is 0 Å². The zero-order chi connectivity index (χ0) is 15.8. The zero-order valence-corrected chi connectivity index (χ0v) is 13.6. The summed E-state index contributed by atoms with van der Waals surface area (Å²) in [4.78, 5) is 33.5. The summed E-state index contributed by atoms with van der Waals surface area (Å²) in [5, 5.41) is 6.08. The van der Waals surface area contributed by atoms with Gasteiger partial charge in [0.25, 0.3) is 11.8 Å². The number of thiazole rings is 2. The minimum atomic E-state index is -0.232. The molecule has 3 heterocycles. The van der Waals surface area contributed by atoms with Gasteiger partial charge in [-0.2, -0.15) is 0 Å². The third-order valence-corrected chi connectivity index (χ3v) is 5.40. The van der Waals surface area contributed by atoms with Crippen LogP contribution < -0.4 is 10.6 Å². The number of anilines is 1. The maximum atomic E-state index is 12.4. The van der Waals surface area contributed by atoms with Crippen molar-refractivity contribution in [3.05, 3.63) is 39.8 Å². The van der Waals surface area contributed by atoms with Crippen LogP contribution in [0.25, 0.3) is 10.2 Å². The average molecular weight is 344 g/mol. The summed E-state index contributed by atoms with van der Waals surface area (Å²) in [6.07, 6.45) is 1.60. The Bertz CT molecular complexity index is 915. The van der Waals surface area contributed by atoms with E-state index >= 15 is 0 Å². The van der Waals surface area contributed by atoms with E-state index in [0.29, 0.717) is 22.1 Å². The number of carbonyl (C=O) groups excluding carboxylic acids is 2. The molecule has 2 aromatic heterocycles. The molecular formula is C15H12N4O2S2. The Morgan fingerprint density at radius 2 is 2.26 bits per heavy atom. The van der Waals surface area contributed by atoms with Crippen molar-refractivity contribution in [3.8, 4) is 0 Å². The quantitative estimate of drug-likeness (QED) is 0.748. The maximum absolute atomic E-state index is 12.4. The minimum Gasteiger partial charge on any atom is -0.351 e. The number of rotatable bonds is 2. The Morgan fingerprint density at radius 1 is 1.35 bits per heavy atom. The van der Waals surface area contributed by atoms with Crippen molar-refractivity contribution < 1.29 is 9.59 Å². The molecule has 0 spiro atoms. The van der Waals surface area contributed by atoms with E-state index in [1.54, 1.807) is 11.6 Å². The highest BCUT2D eigenvalue weighted by Crippen LogP contribution is 2.26. The first kappa shape index (κ1) is 14.3. The van der Waals surface area contributed by atoms with Gasteiger partial charge in [-0.25, -0.2) is 9.97 Å². The van der Waals surface area contributed by atoms with Gasteiger partial charge in [-0.3, -0.25) is 14.9 Å². The molecule has 1 aromatic carbocycles. The number of hydrogen-bond donors (Lipinski definition) is 2. The predicted molar refractivity (Wildman–Crippen MR) is 90.3 cm³/mol. The molecule has 0 bridgehead atoms. The zero-order valence-electron chi connectivity index (χ0n) is 12.0. The average Bonchev–Trinajstić information content (AvgIpc) is 3.13. The summed E-state index contributed by atoms with van der Waals surface area (Å²) in [7, 11) is 0. The summed E-state index contributed by atoms with van der Waals surface area (Å²) >= 11 is 2.71. The summed E-state index contributed by atoms with van der Waals surface area (Å²) < 4.78 is 0.965. The lowest BCUT2D eigenvalue weighted by atomic mass is 10.2. The summed E-state index contributed by atoms with van der Waals surface area (Å²) in [5.74, 6) is -0.341. The number of amides is 2. The van der Waals surface area contributed by atoms with Crippen LogP contribution >= 0.6 is 22.7 Å². The molecule has 6 nitrogen and oxygen atoms in total. The van der Waals surface area contributed by atoms with E-state index < -0.39 is 0 Å². The third kappa shape index (κ3) is 2.71. The monoisotopic (exact) mass is 344 g/mol. The summed E-state index contributed by atoms with van der Waals surface area (Å²) in [6.45, 7) is 0.665. The minimum absolute atomic E-state index is 0.110. The van der Waals surface area contributed by atoms with Crippen molar-refractivity contribution >= 4 is 49.8 Å². The van der Waals surface area contributed by atoms with Crippen molar-refractivity contribution in [1.82, 2.24) is 15.3 Å². The molecule has 8 heteroatoms. The van der Waals surface area contributed by atoms with E-state index in [1.807, 2.05) is 12.1 Å². The van der Waals surface area contributed by atoms with Gasteiger partial charge in [0.05, 0.1) is 21.4 Å². The SMILES string of the molecule is O=C(Nc1nc2c(s1)C(=O)NCCC2)c1ccc2ncsc2c1. The number of aromatic nitrogens is 2. The largest absolute Gasteiger partial charge is 0.351 e. The molecule has 2 N–H and O–H groups in total. The van der Waals surface area contributed by atoms with Crippen LogP contribution in [0.5, 0.6) is 0 Å². The lowest BCUT2D eigenvalue weighted by molar-refractivity contribution is 0.0958. The molecule has 0 saturated heterocycles. The highest BCUT2D eigenvalue weighted by Gasteiger charge is 2.21. The van der Waals surface area contributed by atoms with Crippen LogP contribution in [0, 0.1) is 0 Å². The number of fused-ring (bicyclic) bond motifs is 2. The molecule has 2 amide bonds. The van der Waals surface area contributed by atoms with Crippen LogP contribution in [0.3, 0.4) is 0 Å². The number of benzene rings is 1. The van der Waals surface area contributed by atoms with Crippen molar-refractivity contribution in [2.24, 2.45) is 0 Å². The van der Waals surface area contributed by atoms with E-state index in [4.69, 9.17) is 0 Å². The number of carbonyl (C=O) groups is 2. The molecule has 1 aliphatic rings. The van der Waals surface area contributed by atoms with Crippen molar-refractivity contribution in [2.75, 3.05) is 11.9 Å². The van der Waals surface area contributed by atoms with E-state index in [9.17, 15) is 9.59 Å². The molecule has 0 radical (unpaired) electrons. The lowest BCUT2D eigenvalue weighted by Crippen LogP contribution is -2.21. The molecule has 0 unspecified atom stereocenters. The van der Waals surface area contributed by atoms with Crippen molar-refractivity contribution in [1.29, 1.82) is 0 Å². The van der Waals surface area contributed by atoms with E-state index in [-0.39, 0.29) is 11.8 Å². The van der Waals surface area contributed by atoms with Crippen LogP contribution in [-0.2, 0) is 6.42 Å². The van der Waals surface area contributed by atoms with Crippen LogP contribution in [0.1, 0.15) is 32.1 Å². The van der Waals surface area contributed by atoms with Gasteiger partial charge in [0.1, 0.15) is 4.88 Å². The smallest absolute Gasteiger partial charge is 0.263 e. The molecule has 0 atom stereocenters. The van der Waals surface area contributed by atoms with E-state index in [1.165, 1.54) is 22.7 Å². The molecule has 4 rings (SSSR count). The van der Waals surface area contributed by atoms with E-state index in [2.05, 4.69) is 20.6 Å². The van der Waals surface area contributed by atoms with E-state index in [0.717, 1.165) is 28.8 Å². The fourth-order valence-electron chi connectivity index (χ4n) is 2.46. The maximum Gasteiger partial charge on any atom is 0.263 e. The van der Waals surface area contributed by atoms with Crippen LogP contribution in [0.15, 0.2) is 23.7 Å². The highest BCUT2D eigenvalue weighted by molar-refractivity contribution is 7.18. The normalized spacial score (nSPS) is 14.2. The Morgan fingerprint density at radius 3 is 3.17 bits per heavy atom. The highest BCUT2D eigenvalue weighted by atomic mass is 32.1. The lowest BCUT2D eigenvalue weighted by Gasteiger charge is -2.02. The van der Waals surface area contributed by atoms with Gasteiger partial charge < -0.3 is 5.32 Å². The van der Waals surface area contributed by atoms with Gasteiger partial charge in [-0.1, -0.05) is 11.3 Å². The second-order valence-electron chi connectivity index (χ2n) is 5.14. The Labute approximate surface area is 139 Å². The van der Waals surface area contributed by atoms with Gasteiger partial charge in [0.15, 0.2) is 5.13 Å². The molecule has 23 heavy (non-hydrogen) atoms. The number of aryl methyl sites for hydroxylation is 1. The first-order chi connectivity index (χ1) is 11.2. The predicted octanol–water partition coefficient (Wildman–Crippen LogP) is 2.68. The second-order valence-corrected chi connectivity index (χ2v) is 7.03. The Balaban J connectivity index is 1.59. The molecule has 0 fully saturated rings. The molecule has 0 saturated carbocycles. The third-order valence-electron chi connectivity index (χ3n) is 3.59. The fraction of sp³-hybridized carbons (Fsp3) is 0.200. The van der Waals surface area contributed by atoms with Crippen LogP contribution in [0.2, 0.25) is 0 Å². The van der Waals surface area contributed by atoms with Gasteiger partial charge in [-0.05, 0) is 31.0 Å². The van der Waals surface area contributed by atoms with Crippen LogP contribution in [-0.4, -0.2) is 28.3 Å². The molecular weight excluding hydrogens is 332 g/mol. The standard InChI is InChI=1S/C15H12N4O2S2/c20-13(8-3-4-9-11(6-8)22-7-17-9)19-15-18-10-2-1-5-16-14(21)12(10)23-15/h3-4,6-7H,1-2,5H2,(H,16,21)(H,18,19,20). The number of hydrogen-bond acceptors (Lipinski definition) is 6. The fourth-order valence-corrected chi connectivity index (χ4v) is 4.10. The van der Waals surface area contributed by atoms with Gasteiger partial charge >= 0.3 is 0 Å². The Hall–Kier alpha value is -2.32. The van der Waals surface area contributed by atoms with Gasteiger partial charge in [-0.15, -0.1) is 11.3 Å². The number of nitrogens with zero attached hydrogens (tertiary/aromatic N) is 2. The second kappa shape index (κ2) is 5.71. The summed E-state index contributed by atoms with van der Waals surface area (Å²) in [6, 6.07) is 5.38. The molecule has 116 valence electrons. The Kier molecular flexibility index (Phi) is 3.55. The molecule has 1 aliphatic heterocycles. The first-order valence-corrected chi connectivity index (χ1v) is 8.83. The topological polar surface area (TPSA) is 84.0 Å². The van der Waals surface area contributed by atoms with Crippen LogP contribution in [0.4, 0.5) is 5.13 Å². The number of nitrogens with one attached hydrogen (secondary N) is 2. The van der Waals surface area contributed by atoms with Gasteiger partial charge in [0.2, 0.25) is 0 Å². The van der Waals surface area contributed by atoms with Crippen molar-refractivity contribution in [2.45, 2.75) is 12.8 Å². The summed E-state index contributed by atoms with van der Waals surface area (Å²) in [5.41, 5.74) is 3.95. The molecule has 0 aliphatic carbocycles.